The van der Waals surface area contributed by atoms with Gasteiger partial charge in [-0.05, 0) is 47.1 Å². The fourth-order valence-electron chi connectivity index (χ4n) is 2.54. The van der Waals surface area contributed by atoms with Crippen LogP contribution in [0.3, 0.4) is 0 Å². The largest absolute Gasteiger partial charge is 0.444 e. The molecule has 1 rings (SSSR count). The molecule has 1 aliphatic rings. The van der Waals surface area contributed by atoms with Crippen molar-refractivity contribution in [1.29, 1.82) is 0 Å². The fourth-order valence-corrected chi connectivity index (χ4v) is 2.54. The fraction of sp³-hybridized carbons (Fsp3) is 0.789. The summed E-state index contributed by atoms with van der Waals surface area (Å²) in [5.41, 5.74) is -0.459. The van der Waals surface area contributed by atoms with Crippen molar-refractivity contribution in [3.05, 3.63) is 12.7 Å². The first-order valence-electron chi connectivity index (χ1n) is 9.43. The van der Waals surface area contributed by atoms with Gasteiger partial charge in [-0.15, -0.1) is 6.58 Å². The van der Waals surface area contributed by atoms with Crippen LogP contribution in [-0.4, -0.2) is 79.4 Å². The predicted octanol–water partition coefficient (Wildman–Crippen LogP) is 2.03. The Morgan fingerprint density at radius 2 is 1.88 bits per heavy atom. The average molecular weight is 370 g/mol. The first-order valence-corrected chi connectivity index (χ1v) is 9.43. The lowest BCUT2D eigenvalue weighted by atomic mass is 10.2. The van der Waals surface area contributed by atoms with Crippen molar-refractivity contribution in [2.45, 2.75) is 52.2 Å². The van der Waals surface area contributed by atoms with E-state index in [0.29, 0.717) is 26.2 Å². The molecule has 26 heavy (non-hydrogen) atoms. The Labute approximate surface area is 157 Å². The molecule has 0 spiro atoms. The maximum absolute atomic E-state index is 12.0. The quantitative estimate of drug-likeness (QED) is 0.497. The Morgan fingerprint density at radius 3 is 2.46 bits per heavy atom. The van der Waals surface area contributed by atoms with Crippen LogP contribution in [0.25, 0.3) is 0 Å². The second-order valence-electron chi connectivity index (χ2n) is 7.54. The van der Waals surface area contributed by atoms with E-state index in [0.717, 1.165) is 32.5 Å². The second kappa shape index (κ2) is 11.2. The maximum Gasteiger partial charge on any atom is 0.410 e. The topological polar surface area (TPSA) is 71.1 Å². The highest BCUT2D eigenvalue weighted by molar-refractivity contribution is 5.80. The highest BCUT2D eigenvalue weighted by atomic mass is 16.6. The summed E-state index contributed by atoms with van der Waals surface area (Å²) in [4.78, 5) is 28.0. The van der Waals surface area contributed by atoms with Gasteiger partial charge in [0.1, 0.15) is 11.7 Å². The minimum atomic E-state index is -0.459. The van der Waals surface area contributed by atoms with Crippen LogP contribution in [0.4, 0.5) is 4.79 Å². The molecule has 1 fully saturated rings. The van der Waals surface area contributed by atoms with Crippen LogP contribution >= 0.6 is 0 Å². The third-order valence-corrected chi connectivity index (χ3v) is 4.03. The highest BCUT2D eigenvalue weighted by Crippen LogP contribution is 2.11. The molecule has 2 amide bonds. The zero-order chi connectivity index (χ0) is 19.6. The predicted molar refractivity (Wildman–Crippen MR) is 102 cm³/mol. The molecule has 1 saturated heterocycles. The molecule has 7 nitrogen and oxygen atoms in total. The molecule has 7 heteroatoms. The molecule has 150 valence electrons. The van der Waals surface area contributed by atoms with Crippen molar-refractivity contribution >= 4 is 12.0 Å². The Balaban J connectivity index is 2.14. The number of nitrogens with one attached hydrogen (secondary N) is 1. The molecule has 0 aromatic carbocycles. The van der Waals surface area contributed by atoms with Crippen molar-refractivity contribution in [3.63, 3.8) is 0 Å². The molecule has 1 unspecified atom stereocenters. The van der Waals surface area contributed by atoms with Crippen LogP contribution < -0.4 is 5.32 Å². The van der Waals surface area contributed by atoms with Crippen LogP contribution in [-0.2, 0) is 14.3 Å². The van der Waals surface area contributed by atoms with Gasteiger partial charge in [-0.1, -0.05) is 6.08 Å². The van der Waals surface area contributed by atoms with E-state index in [4.69, 9.17) is 9.47 Å². The number of ether oxygens (including phenoxy) is 2. The van der Waals surface area contributed by atoms with E-state index in [9.17, 15) is 9.59 Å². The molecule has 0 aromatic heterocycles. The minimum absolute atomic E-state index is 0.0798. The van der Waals surface area contributed by atoms with E-state index in [-0.39, 0.29) is 12.0 Å². The van der Waals surface area contributed by atoms with E-state index in [2.05, 4.69) is 16.8 Å². The van der Waals surface area contributed by atoms with Crippen molar-refractivity contribution in [1.82, 2.24) is 15.1 Å². The molecular formula is C19H35N3O4. The standard InChI is InChI=1S/C19H35N3O4/c1-6-7-15-25-16(2)17(23)20-9-8-10-21-11-13-22(14-12-21)18(24)26-19(3,4)5/h6,16H,1,7-15H2,2-5H3,(H,20,23). The van der Waals surface area contributed by atoms with Crippen molar-refractivity contribution in [3.8, 4) is 0 Å². The monoisotopic (exact) mass is 369 g/mol. The summed E-state index contributed by atoms with van der Waals surface area (Å²) in [6, 6.07) is 0. The van der Waals surface area contributed by atoms with Crippen molar-refractivity contribution in [2.24, 2.45) is 0 Å². The van der Waals surface area contributed by atoms with Gasteiger partial charge in [0.15, 0.2) is 0 Å². The number of carbonyl (C=O) groups is 2. The van der Waals surface area contributed by atoms with E-state index >= 15 is 0 Å². The van der Waals surface area contributed by atoms with Crippen molar-refractivity contribution in [2.75, 3.05) is 45.9 Å². The van der Waals surface area contributed by atoms with E-state index < -0.39 is 11.7 Å². The molecule has 0 saturated carbocycles. The molecular weight excluding hydrogens is 334 g/mol. The van der Waals surface area contributed by atoms with Gasteiger partial charge >= 0.3 is 6.09 Å². The van der Waals surface area contributed by atoms with Gasteiger partial charge in [-0.2, -0.15) is 0 Å². The summed E-state index contributed by atoms with van der Waals surface area (Å²) in [6.45, 7) is 16.1. The number of nitrogens with zero attached hydrogens (tertiary/aromatic N) is 2. The Kier molecular flexibility index (Phi) is 9.65. The van der Waals surface area contributed by atoms with Gasteiger partial charge in [0.25, 0.3) is 0 Å². The lowest BCUT2D eigenvalue weighted by Crippen LogP contribution is -2.50. The zero-order valence-electron chi connectivity index (χ0n) is 16.8. The Bertz CT molecular complexity index is 454. The lowest BCUT2D eigenvalue weighted by molar-refractivity contribution is -0.131. The van der Waals surface area contributed by atoms with Gasteiger partial charge < -0.3 is 19.7 Å². The molecule has 0 radical (unpaired) electrons. The summed E-state index contributed by atoms with van der Waals surface area (Å²) in [7, 11) is 0. The number of hydrogen-bond donors (Lipinski definition) is 1. The third kappa shape index (κ3) is 9.20. The Hall–Kier alpha value is -1.60. The molecule has 0 aromatic rings. The number of amides is 2. The molecule has 0 aliphatic carbocycles. The van der Waals surface area contributed by atoms with Crippen LogP contribution in [0.5, 0.6) is 0 Å². The van der Waals surface area contributed by atoms with Gasteiger partial charge in [0.2, 0.25) is 5.91 Å². The van der Waals surface area contributed by atoms with Gasteiger partial charge in [0.05, 0.1) is 6.61 Å². The van der Waals surface area contributed by atoms with E-state index in [1.807, 2.05) is 20.8 Å². The Morgan fingerprint density at radius 1 is 1.23 bits per heavy atom. The number of piperazine rings is 1. The van der Waals surface area contributed by atoms with E-state index in [1.165, 1.54) is 0 Å². The van der Waals surface area contributed by atoms with Crippen LogP contribution in [0, 0.1) is 0 Å². The van der Waals surface area contributed by atoms with Gasteiger partial charge in [0, 0.05) is 32.7 Å². The zero-order valence-corrected chi connectivity index (χ0v) is 16.8. The van der Waals surface area contributed by atoms with Crippen LogP contribution in [0.1, 0.15) is 40.5 Å². The highest BCUT2D eigenvalue weighted by Gasteiger charge is 2.25. The normalized spacial score (nSPS) is 16.8. The molecule has 1 aliphatic heterocycles. The molecule has 1 heterocycles. The number of hydrogen-bond acceptors (Lipinski definition) is 5. The second-order valence-corrected chi connectivity index (χ2v) is 7.54. The summed E-state index contributed by atoms with van der Waals surface area (Å²) >= 11 is 0. The maximum atomic E-state index is 12.0. The molecule has 1 N–H and O–H groups in total. The van der Waals surface area contributed by atoms with Crippen LogP contribution in [0.15, 0.2) is 12.7 Å². The lowest BCUT2D eigenvalue weighted by Gasteiger charge is -2.35. The van der Waals surface area contributed by atoms with Crippen molar-refractivity contribution < 1.29 is 19.1 Å². The number of rotatable bonds is 9. The third-order valence-electron chi connectivity index (χ3n) is 4.03. The first-order chi connectivity index (χ1) is 12.2. The minimum Gasteiger partial charge on any atom is -0.444 e. The smallest absolute Gasteiger partial charge is 0.410 e. The molecule has 0 bridgehead atoms. The summed E-state index contributed by atoms with van der Waals surface area (Å²) in [5.74, 6) is -0.0798. The molecule has 1 atom stereocenters. The number of carbonyl (C=O) groups excluding carboxylic acids is 2. The SMILES string of the molecule is C=CCCOC(C)C(=O)NCCCN1CCN(C(=O)OC(C)(C)C)CC1. The summed E-state index contributed by atoms with van der Waals surface area (Å²) in [5, 5.41) is 2.90. The van der Waals surface area contributed by atoms with Gasteiger partial charge in [-0.3, -0.25) is 9.69 Å². The van der Waals surface area contributed by atoms with Gasteiger partial charge in [-0.25, -0.2) is 4.79 Å². The first kappa shape index (κ1) is 22.4. The summed E-state index contributed by atoms with van der Waals surface area (Å²) < 4.78 is 10.8. The van der Waals surface area contributed by atoms with E-state index in [1.54, 1.807) is 17.9 Å². The average Bonchev–Trinajstić information content (AvgIpc) is 2.57. The summed E-state index contributed by atoms with van der Waals surface area (Å²) in [6.07, 6.45) is 2.71. The van der Waals surface area contributed by atoms with Crippen LogP contribution in [0.2, 0.25) is 0 Å².